The van der Waals surface area contributed by atoms with Crippen molar-refractivity contribution in [2.75, 3.05) is 0 Å². The van der Waals surface area contributed by atoms with Crippen LogP contribution in [0, 0.1) is 10.1 Å². The van der Waals surface area contributed by atoms with Crippen molar-refractivity contribution in [3.05, 3.63) is 118 Å². The minimum absolute atomic E-state index is 0.0637. The third kappa shape index (κ3) is 3.11. The summed E-state index contributed by atoms with van der Waals surface area (Å²) in [4.78, 5) is 10.6. The molecule has 1 heterocycles. The second kappa shape index (κ2) is 7.04. The molecule has 0 fully saturated rings. The highest BCUT2D eigenvalue weighted by Gasteiger charge is 2.31. The van der Waals surface area contributed by atoms with Gasteiger partial charge < -0.3 is 4.74 Å². The van der Waals surface area contributed by atoms with E-state index in [9.17, 15) is 10.1 Å². The minimum Gasteiger partial charge on any atom is -0.471 e. The third-order valence-corrected chi connectivity index (χ3v) is 5.32. The molecular weight excluding hydrogens is 364 g/mol. The summed E-state index contributed by atoms with van der Waals surface area (Å²) in [6.45, 7) is 0. The summed E-state index contributed by atoms with van der Waals surface area (Å²) in [7, 11) is 0. The first-order valence-corrected chi connectivity index (χ1v) is 9.44. The number of nitro groups is 1. The molecule has 0 aliphatic carbocycles. The summed E-state index contributed by atoms with van der Waals surface area (Å²) in [5.74, 6) is 0.819. The Morgan fingerprint density at radius 1 is 0.793 bits per heavy atom. The maximum Gasteiger partial charge on any atom is 0.269 e. The fraction of sp³-hybridized carbons (Fsp3) is 0.0833. The van der Waals surface area contributed by atoms with E-state index in [-0.39, 0.29) is 11.7 Å². The lowest BCUT2D eigenvalue weighted by molar-refractivity contribution is -0.384. The van der Waals surface area contributed by atoms with Gasteiger partial charge in [-0.2, -0.15) is 0 Å². The van der Waals surface area contributed by atoms with Crippen molar-refractivity contribution < 1.29 is 9.66 Å². The van der Waals surface area contributed by atoms with Gasteiger partial charge in [0.2, 0.25) is 0 Å². The number of benzene rings is 4. The van der Waals surface area contributed by atoms with E-state index in [1.54, 1.807) is 12.1 Å². The van der Waals surface area contributed by atoms with E-state index in [1.165, 1.54) is 12.1 Å². The first-order valence-electron chi connectivity index (χ1n) is 9.44. The second-order valence-electron chi connectivity index (χ2n) is 7.06. The third-order valence-electron chi connectivity index (χ3n) is 5.32. The lowest BCUT2D eigenvalue weighted by Gasteiger charge is -2.35. The standard InChI is InChI=1S/C24H18N2O3/c27-26(28)19-13-10-18(11-14-19)24-25-23(17-7-2-1-3-8-17)22-20-9-5-4-6-16(20)12-15-21(22)29-24/h1-15,23-25H/t23-,24-/m1/s1. The topological polar surface area (TPSA) is 64.4 Å². The van der Waals surface area contributed by atoms with Gasteiger partial charge in [0.15, 0.2) is 6.23 Å². The Balaban J connectivity index is 1.63. The van der Waals surface area contributed by atoms with Crippen LogP contribution in [0.25, 0.3) is 10.8 Å². The zero-order valence-electron chi connectivity index (χ0n) is 15.5. The normalized spacial score (nSPS) is 18.1. The molecule has 0 aromatic heterocycles. The quantitative estimate of drug-likeness (QED) is 0.374. The number of rotatable bonds is 3. The number of nitrogens with zero attached hydrogens (tertiary/aromatic N) is 1. The molecule has 0 saturated carbocycles. The van der Waals surface area contributed by atoms with Gasteiger partial charge in [0, 0.05) is 23.3 Å². The van der Waals surface area contributed by atoms with Crippen LogP contribution in [0.15, 0.2) is 91.0 Å². The van der Waals surface area contributed by atoms with E-state index in [1.807, 2.05) is 36.4 Å². The van der Waals surface area contributed by atoms with E-state index < -0.39 is 11.2 Å². The molecule has 0 spiro atoms. The number of hydrogen-bond acceptors (Lipinski definition) is 4. The van der Waals surface area contributed by atoms with Gasteiger partial charge in [-0.3, -0.25) is 15.4 Å². The Bertz CT molecular complexity index is 1190. The molecule has 4 aromatic carbocycles. The van der Waals surface area contributed by atoms with Crippen molar-refractivity contribution in [1.29, 1.82) is 0 Å². The SMILES string of the molecule is O=[N+]([O-])c1ccc([C@@H]2N[C@H](c3ccccc3)c3c(ccc4ccccc34)O2)cc1. The molecule has 5 heteroatoms. The first-order chi connectivity index (χ1) is 14.2. The Morgan fingerprint density at radius 2 is 1.52 bits per heavy atom. The number of nitrogens with one attached hydrogen (secondary N) is 1. The van der Waals surface area contributed by atoms with Crippen molar-refractivity contribution >= 4 is 16.5 Å². The van der Waals surface area contributed by atoms with Crippen molar-refractivity contribution in [1.82, 2.24) is 5.32 Å². The van der Waals surface area contributed by atoms with Crippen LogP contribution in [0.2, 0.25) is 0 Å². The summed E-state index contributed by atoms with van der Waals surface area (Å²) in [5, 5.41) is 16.9. The lowest BCUT2D eigenvalue weighted by atomic mass is 9.91. The fourth-order valence-electron chi connectivity index (χ4n) is 3.92. The van der Waals surface area contributed by atoms with Gasteiger partial charge in [-0.15, -0.1) is 0 Å². The van der Waals surface area contributed by atoms with Crippen LogP contribution >= 0.6 is 0 Å². The summed E-state index contributed by atoms with van der Waals surface area (Å²) >= 11 is 0. The van der Waals surface area contributed by atoms with Crippen LogP contribution in [-0.2, 0) is 0 Å². The number of hydrogen-bond donors (Lipinski definition) is 1. The molecule has 5 nitrogen and oxygen atoms in total. The first kappa shape index (κ1) is 17.4. The van der Waals surface area contributed by atoms with Gasteiger partial charge in [0.1, 0.15) is 5.75 Å². The van der Waals surface area contributed by atoms with E-state index in [4.69, 9.17) is 4.74 Å². The Morgan fingerprint density at radius 3 is 2.28 bits per heavy atom. The number of non-ortho nitro benzene ring substituents is 1. The summed E-state index contributed by atoms with van der Waals surface area (Å²) in [6, 6.07) is 29.0. The molecule has 0 amide bonds. The fourth-order valence-corrected chi connectivity index (χ4v) is 3.92. The Kier molecular flexibility index (Phi) is 4.22. The molecule has 29 heavy (non-hydrogen) atoms. The molecule has 142 valence electrons. The van der Waals surface area contributed by atoms with Gasteiger partial charge in [-0.25, -0.2) is 0 Å². The molecule has 0 saturated heterocycles. The van der Waals surface area contributed by atoms with Crippen LogP contribution in [0.3, 0.4) is 0 Å². The summed E-state index contributed by atoms with van der Waals surface area (Å²) in [6.07, 6.45) is -0.408. The zero-order chi connectivity index (χ0) is 19.8. The van der Waals surface area contributed by atoms with Crippen LogP contribution in [0.1, 0.15) is 29.0 Å². The highest BCUT2D eigenvalue weighted by atomic mass is 16.6. The lowest BCUT2D eigenvalue weighted by Crippen LogP contribution is -2.35. The molecule has 1 aliphatic heterocycles. The van der Waals surface area contributed by atoms with Crippen LogP contribution < -0.4 is 10.1 Å². The Labute approximate surface area is 167 Å². The maximum atomic E-state index is 11.0. The van der Waals surface area contributed by atoms with Crippen molar-refractivity contribution in [2.24, 2.45) is 0 Å². The van der Waals surface area contributed by atoms with Gasteiger partial charge in [-0.1, -0.05) is 60.7 Å². The predicted molar refractivity (Wildman–Crippen MR) is 112 cm³/mol. The molecule has 0 bridgehead atoms. The largest absolute Gasteiger partial charge is 0.471 e. The molecule has 1 N–H and O–H groups in total. The molecule has 5 rings (SSSR count). The Hall–Kier alpha value is -3.70. The smallest absolute Gasteiger partial charge is 0.269 e. The van der Waals surface area contributed by atoms with Gasteiger partial charge >= 0.3 is 0 Å². The summed E-state index contributed by atoms with van der Waals surface area (Å²) < 4.78 is 6.30. The van der Waals surface area contributed by atoms with Gasteiger partial charge in [0.05, 0.1) is 11.0 Å². The van der Waals surface area contributed by atoms with Crippen molar-refractivity contribution in [3.63, 3.8) is 0 Å². The average Bonchev–Trinajstić information content (AvgIpc) is 2.78. The molecule has 0 radical (unpaired) electrons. The summed E-state index contributed by atoms with van der Waals surface area (Å²) in [5.41, 5.74) is 3.15. The highest BCUT2D eigenvalue weighted by molar-refractivity contribution is 5.89. The maximum absolute atomic E-state index is 11.0. The van der Waals surface area contributed by atoms with Crippen molar-refractivity contribution in [2.45, 2.75) is 12.3 Å². The molecule has 1 aliphatic rings. The van der Waals surface area contributed by atoms with Gasteiger partial charge in [0.25, 0.3) is 5.69 Å². The molecule has 4 aromatic rings. The number of nitro benzene ring substituents is 1. The highest BCUT2D eigenvalue weighted by Crippen LogP contribution is 2.42. The number of ether oxygens (including phenoxy) is 1. The van der Waals surface area contributed by atoms with E-state index in [0.29, 0.717) is 0 Å². The predicted octanol–water partition coefficient (Wildman–Crippen LogP) is 5.52. The van der Waals surface area contributed by atoms with E-state index in [0.717, 1.165) is 33.2 Å². The second-order valence-corrected chi connectivity index (χ2v) is 7.06. The van der Waals surface area contributed by atoms with E-state index in [2.05, 4.69) is 35.6 Å². The van der Waals surface area contributed by atoms with Crippen LogP contribution in [-0.4, -0.2) is 4.92 Å². The number of fused-ring (bicyclic) bond motifs is 3. The molecular formula is C24H18N2O3. The van der Waals surface area contributed by atoms with Crippen molar-refractivity contribution in [3.8, 4) is 5.75 Å². The molecule has 2 atom stereocenters. The van der Waals surface area contributed by atoms with Crippen LogP contribution in [0.5, 0.6) is 5.75 Å². The van der Waals surface area contributed by atoms with Crippen LogP contribution in [0.4, 0.5) is 5.69 Å². The van der Waals surface area contributed by atoms with E-state index >= 15 is 0 Å². The minimum atomic E-state index is -0.408. The van der Waals surface area contributed by atoms with Gasteiger partial charge in [-0.05, 0) is 34.5 Å². The average molecular weight is 382 g/mol. The zero-order valence-corrected chi connectivity index (χ0v) is 15.5. The monoisotopic (exact) mass is 382 g/mol. The molecule has 0 unspecified atom stereocenters.